The van der Waals surface area contributed by atoms with Gasteiger partial charge in [-0.05, 0) is 36.4 Å². The van der Waals surface area contributed by atoms with E-state index >= 15 is 0 Å². The molecule has 7 heteroatoms. The number of azo groups is 1. The Balaban J connectivity index is 1.73. The number of benzene rings is 2. The maximum atomic E-state index is 10.6. The van der Waals surface area contributed by atoms with Gasteiger partial charge in [0.1, 0.15) is 0 Å². The van der Waals surface area contributed by atoms with E-state index in [4.69, 9.17) is 0 Å². The number of rotatable bonds is 4. The monoisotopic (exact) mass is 293 g/mol. The maximum absolute atomic E-state index is 10.6. The summed E-state index contributed by atoms with van der Waals surface area (Å²) in [5.41, 5.74) is 2.27. The number of hydrogen-bond donors (Lipinski definition) is 0. The smallest absolute Gasteiger partial charge is 0.269 e. The number of non-ortho nitro benzene ring substituents is 1. The minimum atomic E-state index is -0.449. The van der Waals surface area contributed by atoms with Gasteiger partial charge in [-0.2, -0.15) is 10.2 Å². The van der Waals surface area contributed by atoms with E-state index in [1.165, 1.54) is 12.1 Å². The van der Waals surface area contributed by atoms with Gasteiger partial charge < -0.3 is 4.57 Å². The van der Waals surface area contributed by atoms with Crippen molar-refractivity contribution >= 4 is 17.1 Å². The van der Waals surface area contributed by atoms with E-state index < -0.39 is 4.92 Å². The molecule has 108 valence electrons. The Bertz CT molecular complexity index is 793. The maximum Gasteiger partial charge on any atom is 0.269 e. The first kappa shape index (κ1) is 13.6. The summed E-state index contributed by atoms with van der Waals surface area (Å²) in [7, 11) is 0. The molecule has 2 aromatic carbocycles. The lowest BCUT2D eigenvalue weighted by atomic mass is 10.3. The molecule has 0 fully saturated rings. The molecule has 0 aliphatic carbocycles. The molecule has 0 saturated heterocycles. The van der Waals surface area contributed by atoms with Crippen molar-refractivity contribution in [1.29, 1.82) is 0 Å². The van der Waals surface area contributed by atoms with E-state index in [0.717, 1.165) is 5.69 Å². The lowest BCUT2D eigenvalue weighted by Crippen LogP contribution is -1.87. The third-order valence-corrected chi connectivity index (χ3v) is 2.99. The van der Waals surface area contributed by atoms with Crippen molar-refractivity contribution in [3.63, 3.8) is 0 Å². The van der Waals surface area contributed by atoms with Gasteiger partial charge in [0.25, 0.3) is 5.69 Å². The highest BCUT2D eigenvalue weighted by atomic mass is 16.6. The van der Waals surface area contributed by atoms with Gasteiger partial charge in [-0.3, -0.25) is 10.1 Å². The summed E-state index contributed by atoms with van der Waals surface area (Å²) in [6.45, 7) is 0. The van der Waals surface area contributed by atoms with Crippen molar-refractivity contribution in [2.24, 2.45) is 10.2 Å². The van der Waals surface area contributed by atoms with Crippen LogP contribution in [0.25, 0.3) is 5.69 Å². The van der Waals surface area contributed by atoms with Crippen molar-refractivity contribution < 1.29 is 4.92 Å². The molecule has 0 radical (unpaired) electrons. The quantitative estimate of drug-likeness (QED) is 0.410. The van der Waals surface area contributed by atoms with Gasteiger partial charge in [-0.25, -0.2) is 4.98 Å². The topological polar surface area (TPSA) is 85.7 Å². The predicted molar refractivity (Wildman–Crippen MR) is 80.8 cm³/mol. The molecule has 1 heterocycles. The van der Waals surface area contributed by atoms with Crippen LogP contribution in [0.5, 0.6) is 0 Å². The van der Waals surface area contributed by atoms with Gasteiger partial charge >= 0.3 is 0 Å². The molecule has 1 aromatic heterocycles. The van der Waals surface area contributed by atoms with Crippen LogP contribution in [0.3, 0.4) is 0 Å². The highest BCUT2D eigenvalue weighted by Crippen LogP contribution is 2.22. The van der Waals surface area contributed by atoms with Gasteiger partial charge in [0.2, 0.25) is 0 Å². The molecule has 0 N–H and O–H groups in total. The first-order chi connectivity index (χ1) is 10.7. The fourth-order valence-electron chi connectivity index (χ4n) is 1.86. The lowest BCUT2D eigenvalue weighted by molar-refractivity contribution is -0.384. The zero-order valence-corrected chi connectivity index (χ0v) is 11.4. The number of imidazole rings is 1. The summed E-state index contributed by atoms with van der Waals surface area (Å²) in [5, 5.41) is 18.7. The SMILES string of the molecule is O=[N+]([O-])c1ccc(/N=N/c2ccc(-n3ccnc3)cc2)cc1. The van der Waals surface area contributed by atoms with Crippen molar-refractivity contribution in [1.82, 2.24) is 9.55 Å². The average Bonchev–Trinajstić information content (AvgIpc) is 3.08. The summed E-state index contributed by atoms with van der Waals surface area (Å²) >= 11 is 0. The van der Waals surface area contributed by atoms with Crippen LogP contribution in [0.15, 0.2) is 77.5 Å². The van der Waals surface area contributed by atoms with E-state index in [1.807, 2.05) is 35.0 Å². The molecule has 3 rings (SSSR count). The summed E-state index contributed by atoms with van der Waals surface area (Å²) in [6, 6.07) is 13.4. The second-order valence-corrected chi connectivity index (χ2v) is 4.46. The first-order valence-corrected chi connectivity index (χ1v) is 6.47. The van der Waals surface area contributed by atoms with E-state index in [-0.39, 0.29) is 5.69 Å². The third-order valence-electron chi connectivity index (χ3n) is 2.99. The molecular formula is C15H11N5O2. The van der Waals surface area contributed by atoms with Crippen LogP contribution in [0, 0.1) is 10.1 Å². The number of hydrogen-bond acceptors (Lipinski definition) is 5. The van der Waals surface area contributed by atoms with Crippen LogP contribution in [-0.4, -0.2) is 14.5 Å². The summed E-state index contributed by atoms with van der Waals surface area (Å²) < 4.78 is 1.89. The average molecular weight is 293 g/mol. The Morgan fingerprint density at radius 1 is 0.955 bits per heavy atom. The van der Waals surface area contributed by atoms with E-state index in [1.54, 1.807) is 24.7 Å². The zero-order chi connectivity index (χ0) is 15.4. The highest BCUT2D eigenvalue weighted by Gasteiger charge is 2.03. The number of nitro benzene ring substituents is 1. The third kappa shape index (κ3) is 3.04. The lowest BCUT2D eigenvalue weighted by Gasteiger charge is -2.01. The van der Waals surface area contributed by atoms with E-state index in [2.05, 4.69) is 15.2 Å². The van der Waals surface area contributed by atoms with Crippen LogP contribution in [0.2, 0.25) is 0 Å². The van der Waals surface area contributed by atoms with E-state index in [9.17, 15) is 10.1 Å². The molecule has 0 unspecified atom stereocenters. The normalized spacial score (nSPS) is 10.9. The van der Waals surface area contributed by atoms with Gasteiger partial charge in [0.05, 0.1) is 22.6 Å². The second-order valence-electron chi connectivity index (χ2n) is 4.46. The van der Waals surface area contributed by atoms with Crippen LogP contribution < -0.4 is 0 Å². The number of nitro groups is 1. The Morgan fingerprint density at radius 3 is 2.05 bits per heavy atom. The van der Waals surface area contributed by atoms with Gasteiger partial charge in [-0.1, -0.05) is 0 Å². The van der Waals surface area contributed by atoms with Crippen molar-refractivity contribution in [2.75, 3.05) is 0 Å². The Kier molecular flexibility index (Phi) is 3.69. The molecule has 0 atom stereocenters. The minimum Gasteiger partial charge on any atom is -0.306 e. The fourth-order valence-corrected chi connectivity index (χ4v) is 1.86. The Morgan fingerprint density at radius 2 is 1.55 bits per heavy atom. The van der Waals surface area contributed by atoms with Crippen LogP contribution in [0.1, 0.15) is 0 Å². The molecule has 0 spiro atoms. The second kappa shape index (κ2) is 5.96. The molecule has 7 nitrogen and oxygen atoms in total. The molecule has 0 aliphatic rings. The van der Waals surface area contributed by atoms with Crippen molar-refractivity contribution in [3.8, 4) is 5.69 Å². The minimum absolute atomic E-state index is 0.0311. The molecule has 3 aromatic rings. The predicted octanol–water partition coefficient (Wildman–Crippen LogP) is 4.20. The molecule has 0 bridgehead atoms. The summed E-state index contributed by atoms with van der Waals surface area (Å²) in [4.78, 5) is 14.1. The van der Waals surface area contributed by atoms with Gasteiger partial charge in [0.15, 0.2) is 0 Å². The van der Waals surface area contributed by atoms with Crippen LogP contribution >= 0.6 is 0 Å². The first-order valence-electron chi connectivity index (χ1n) is 6.47. The standard InChI is InChI=1S/C15H11N5O2/c21-20(22)15-7-3-13(4-8-15)18-17-12-1-5-14(6-2-12)19-10-9-16-11-19/h1-11H/b18-17+. The van der Waals surface area contributed by atoms with E-state index in [0.29, 0.717) is 11.4 Å². The summed E-state index contributed by atoms with van der Waals surface area (Å²) in [6.07, 6.45) is 5.28. The van der Waals surface area contributed by atoms with Crippen LogP contribution in [0.4, 0.5) is 17.1 Å². The highest BCUT2D eigenvalue weighted by molar-refractivity contribution is 5.47. The van der Waals surface area contributed by atoms with Crippen molar-refractivity contribution in [2.45, 2.75) is 0 Å². The molecule has 22 heavy (non-hydrogen) atoms. The Labute approximate surface area is 125 Å². The van der Waals surface area contributed by atoms with Crippen LogP contribution in [-0.2, 0) is 0 Å². The molecule has 0 amide bonds. The number of nitrogens with zero attached hydrogens (tertiary/aromatic N) is 5. The Hall–Kier alpha value is -3.35. The molecule has 0 saturated carbocycles. The fraction of sp³-hybridized carbons (Fsp3) is 0. The van der Waals surface area contributed by atoms with Crippen molar-refractivity contribution in [3.05, 3.63) is 77.4 Å². The summed E-state index contributed by atoms with van der Waals surface area (Å²) in [5.74, 6) is 0. The zero-order valence-electron chi connectivity index (χ0n) is 11.4. The molecule has 0 aliphatic heterocycles. The largest absolute Gasteiger partial charge is 0.306 e. The van der Waals surface area contributed by atoms with Gasteiger partial charge in [-0.15, -0.1) is 0 Å². The van der Waals surface area contributed by atoms with Gasteiger partial charge in [0, 0.05) is 30.2 Å². The number of aromatic nitrogens is 2. The molecular weight excluding hydrogens is 282 g/mol.